The van der Waals surface area contributed by atoms with Crippen LogP contribution in [0.3, 0.4) is 0 Å². The average Bonchev–Trinajstić information content (AvgIpc) is 2.74. The summed E-state index contributed by atoms with van der Waals surface area (Å²) in [7, 11) is 1.86. The van der Waals surface area contributed by atoms with Crippen molar-refractivity contribution in [1.29, 1.82) is 0 Å². The van der Waals surface area contributed by atoms with Gasteiger partial charge in [0, 0.05) is 7.05 Å². The molecule has 0 aromatic carbocycles. The van der Waals surface area contributed by atoms with E-state index in [1.165, 1.54) is 0 Å². The molecule has 80 valence electrons. The van der Waals surface area contributed by atoms with Crippen molar-refractivity contribution in [2.75, 3.05) is 18.6 Å². The number of anilines is 1. The van der Waals surface area contributed by atoms with E-state index >= 15 is 0 Å². The molecule has 2 aromatic heterocycles. The second kappa shape index (κ2) is 3.77. The second-order valence-electron chi connectivity index (χ2n) is 3.36. The van der Waals surface area contributed by atoms with E-state index in [9.17, 15) is 0 Å². The van der Waals surface area contributed by atoms with Crippen LogP contribution in [-0.2, 0) is 0 Å². The summed E-state index contributed by atoms with van der Waals surface area (Å²) in [4.78, 5) is 5.91. The molecule has 0 bridgehead atoms. The Bertz CT molecular complexity index is 455. The van der Waals surface area contributed by atoms with Crippen LogP contribution in [0.5, 0.6) is 0 Å². The highest BCUT2D eigenvalue weighted by Crippen LogP contribution is 2.13. The molecule has 1 unspecified atom stereocenters. The first-order valence-electron chi connectivity index (χ1n) is 4.60. The second-order valence-corrected chi connectivity index (χ2v) is 3.36. The van der Waals surface area contributed by atoms with E-state index in [0.29, 0.717) is 5.65 Å². The van der Waals surface area contributed by atoms with Gasteiger partial charge >= 0.3 is 0 Å². The van der Waals surface area contributed by atoms with Gasteiger partial charge in [-0.3, -0.25) is 4.98 Å². The Labute approximate surface area is 86.3 Å². The molecule has 0 spiro atoms. The number of aromatic nitrogens is 5. The van der Waals surface area contributed by atoms with Crippen molar-refractivity contribution < 1.29 is 5.11 Å². The molecule has 0 saturated heterocycles. The summed E-state index contributed by atoms with van der Waals surface area (Å²) in [5.41, 5.74) is 0.587. The van der Waals surface area contributed by atoms with Crippen molar-refractivity contribution in [2.45, 2.75) is 13.0 Å². The molecular formula is C8H12N6O. The molecule has 7 nitrogen and oxygen atoms in total. The first-order valence-corrected chi connectivity index (χ1v) is 4.60. The molecule has 1 atom stereocenters. The lowest BCUT2D eigenvalue weighted by molar-refractivity contribution is 0.269. The van der Waals surface area contributed by atoms with Gasteiger partial charge in [0.25, 0.3) is 0 Å². The SMILES string of the molecule is CC(CO)N(C)c1cncc2nnnn12. The van der Waals surface area contributed by atoms with Crippen LogP contribution in [0.25, 0.3) is 5.65 Å². The Morgan fingerprint density at radius 2 is 2.33 bits per heavy atom. The van der Waals surface area contributed by atoms with Gasteiger partial charge in [-0.15, -0.1) is 5.10 Å². The average molecular weight is 208 g/mol. The number of aliphatic hydroxyl groups is 1. The zero-order chi connectivity index (χ0) is 10.8. The van der Waals surface area contributed by atoms with E-state index in [1.54, 1.807) is 16.9 Å². The number of likely N-dealkylation sites (N-methyl/N-ethyl adjacent to an activating group) is 1. The number of fused-ring (bicyclic) bond motifs is 1. The summed E-state index contributed by atoms with van der Waals surface area (Å²) in [6.07, 6.45) is 3.25. The monoisotopic (exact) mass is 208 g/mol. The van der Waals surface area contributed by atoms with E-state index < -0.39 is 0 Å². The molecule has 0 amide bonds. The lowest BCUT2D eigenvalue weighted by Crippen LogP contribution is -2.33. The van der Waals surface area contributed by atoms with Gasteiger partial charge in [0.2, 0.25) is 0 Å². The lowest BCUT2D eigenvalue weighted by Gasteiger charge is -2.24. The summed E-state index contributed by atoms with van der Waals surface area (Å²) in [6, 6.07) is -0.0124. The van der Waals surface area contributed by atoms with Gasteiger partial charge in [-0.2, -0.15) is 4.52 Å². The van der Waals surface area contributed by atoms with Crippen molar-refractivity contribution >= 4 is 11.5 Å². The fraction of sp³-hybridized carbons (Fsp3) is 0.500. The Morgan fingerprint density at radius 3 is 3.07 bits per heavy atom. The summed E-state index contributed by atoms with van der Waals surface area (Å²) >= 11 is 0. The van der Waals surface area contributed by atoms with Crippen LogP contribution in [0.15, 0.2) is 12.4 Å². The zero-order valence-electron chi connectivity index (χ0n) is 8.57. The number of aliphatic hydroxyl groups excluding tert-OH is 1. The first-order chi connectivity index (χ1) is 7.24. The van der Waals surface area contributed by atoms with Crippen LogP contribution in [0.1, 0.15) is 6.92 Å². The van der Waals surface area contributed by atoms with Crippen LogP contribution in [0.2, 0.25) is 0 Å². The Kier molecular flexibility index (Phi) is 2.46. The van der Waals surface area contributed by atoms with Gasteiger partial charge in [0.05, 0.1) is 25.0 Å². The maximum Gasteiger partial charge on any atom is 0.199 e. The highest BCUT2D eigenvalue weighted by molar-refractivity contribution is 5.45. The van der Waals surface area contributed by atoms with Gasteiger partial charge < -0.3 is 10.0 Å². The Balaban J connectivity index is 2.46. The minimum atomic E-state index is -0.0124. The fourth-order valence-corrected chi connectivity index (χ4v) is 1.25. The van der Waals surface area contributed by atoms with Crippen LogP contribution in [0.4, 0.5) is 5.82 Å². The van der Waals surface area contributed by atoms with E-state index in [0.717, 1.165) is 5.82 Å². The minimum Gasteiger partial charge on any atom is -0.394 e. The van der Waals surface area contributed by atoms with Gasteiger partial charge in [0.1, 0.15) is 0 Å². The molecular weight excluding hydrogens is 196 g/mol. The lowest BCUT2D eigenvalue weighted by atomic mass is 10.3. The van der Waals surface area contributed by atoms with Gasteiger partial charge in [-0.25, -0.2) is 0 Å². The quantitative estimate of drug-likeness (QED) is 0.721. The molecule has 1 N–H and O–H groups in total. The van der Waals surface area contributed by atoms with Crippen molar-refractivity contribution in [3.63, 3.8) is 0 Å². The van der Waals surface area contributed by atoms with Gasteiger partial charge in [-0.1, -0.05) is 0 Å². The molecule has 7 heteroatoms. The summed E-state index contributed by atoms with van der Waals surface area (Å²) in [5.74, 6) is 0.749. The van der Waals surface area contributed by atoms with Crippen molar-refractivity contribution in [3.05, 3.63) is 12.4 Å². The summed E-state index contributed by atoms with van der Waals surface area (Å²) in [5, 5.41) is 20.3. The van der Waals surface area contributed by atoms with Gasteiger partial charge in [0.15, 0.2) is 11.5 Å². The standard InChI is InChI=1S/C8H12N6O/c1-6(5-15)13(2)8-4-9-3-7-10-11-12-14(7)8/h3-4,6,15H,5H2,1-2H3. The molecule has 2 heterocycles. The predicted octanol–water partition coefficient (Wildman–Crippen LogP) is -0.664. The van der Waals surface area contributed by atoms with Crippen molar-refractivity contribution in [1.82, 2.24) is 25.0 Å². The van der Waals surface area contributed by atoms with Crippen LogP contribution in [0, 0.1) is 0 Å². The summed E-state index contributed by atoms with van der Waals surface area (Å²) < 4.78 is 1.58. The molecule has 2 aromatic rings. The Morgan fingerprint density at radius 1 is 1.53 bits per heavy atom. The third-order valence-corrected chi connectivity index (χ3v) is 2.38. The molecule has 0 fully saturated rings. The Hall–Kier alpha value is -1.76. The molecule has 0 saturated carbocycles. The van der Waals surface area contributed by atoms with E-state index in [1.807, 2.05) is 18.9 Å². The molecule has 0 aliphatic carbocycles. The van der Waals surface area contributed by atoms with E-state index in [4.69, 9.17) is 5.11 Å². The highest BCUT2D eigenvalue weighted by Gasteiger charge is 2.13. The molecule has 0 radical (unpaired) electrons. The smallest absolute Gasteiger partial charge is 0.199 e. The number of nitrogens with zero attached hydrogens (tertiary/aromatic N) is 6. The van der Waals surface area contributed by atoms with Crippen LogP contribution in [-0.4, -0.2) is 49.8 Å². The maximum atomic E-state index is 9.07. The number of hydrogen-bond donors (Lipinski definition) is 1. The first kappa shape index (κ1) is 9.78. The normalized spacial score (nSPS) is 13.0. The topological polar surface area (TPSA) is 79.4 Å². The predicted molar refractivity (Wildman–Crippen MR) is 53.5 cm³/mol. The largest absolute Gasteiger partial charge is 0.394 e. The molecule has 0 aliphatic rings. The number of hydrogen-bond acceptors (Lipinski definition) is 6. The number of tetrazole rings is 1. The molecule has 15 heavy (non-hydrogen) atoms. The van der Waals surface area contributed by atoms with E-state index in [2.05, 4.69) is 20.5 Å². The van der Waals surface area contributed by atoms with Crippen molar-refractivity contribution in [2.24, 2.45) is 0 Å². The maximum absolute atomic E-state index is 9.07. The third kappa shape index (κ3) is 1.61. The summed E-state index contributed by atoms with van der Waals surface area (Å²) in [6.45, 7) is 1.97. The third-order valence-electron chi connectivity index (χ3n) is 2.38. The van der Waals surface area contributed by atoms with E-state index in [-0.39, 0.29) is 12.6 Å². The molecule has 2 rings (SSSR count). The van der Waals surface area contributed by atoms with Crippen LogP contribution < -0.4 is 4.90 Å². The van der Waals surface area contributed by atoms with Crippen LogP contribution >= 0.6 is 0 Å². The molecule has 0 aliphatic heterocycles. The van der Waals surface area contributed by atoms with Gasteiger partial charge in [-0.05, 0) is 17.4 Å². The van der Waals surface area contributed by atoms with Crippen molar-refractivity contribution in [3.8, 4) is 0 Å². The fourth-order valence-electron chi connectivity index (χ4n) is 1.25. The highest BCUT2D eigenvalue weighted by atomic mass is 16.3. The zero-order valence-corrected chi connectivity index (χ0v) is 8.57. The number of rotatable bonds is 3. The minimum absolute atomic E-state index is 0.0124.